The van der Waals surface area contributed by atoms with Crippen molar-refractivity contribution in [3.63, 3.8) is 0 Å². The van der Waals surface area contributed by atoms with Crippen molar-refractivity contribution >= 4 is 22.8 Å². The minimum Gasteiger partial charge on any atom is -0.347 e. The molecule has 2 aromatic rings. The lowest BCUT2D eigenvalue weighted by molar-refractivity contribution is -0.384. The van der Waals surface area contributed by atoms with Crippen LogP contribution in [0.15, 0.2) is 5.38 Å². The molecule has 0 aromatic carbocycles. The molecule has 0 aliphatic heterocycles. The van der Waals surface area contributed by atoms with Crippen LogP contribution in [0.5, 0.6) is 0 Å². The summed E-state index contributed by atoms with van der Waals surface area (Å²) in [4.78, 5) is 16.9. The molecule has 19 heavy (non-hydrogen) atoms. The first-order valence-electron chi connectivity index (χ1n) is 5.70. The van der Waals surface area contributed by atoms with Gasteiger partial charge in [0.05, 0.1) is 11.5 Å². The van der Waals surface area contributed by atoms with Crippen molar-refractivity contribution in [2.24, 2.45) is 7.05 Å². The van der Waals surface area contributed by atoms with Crippen LogP contribution in [-0.2, 0) is 13.6 Å². The molecule has 0 unspecified atom stereocenters. The lowest BCUT2D eigenvalue weighted by Gasteiger charge is -2.16. The van der Waals surface area contributed by atoms with Gasteiger partial charge in [0.25, 0.3) is 0 Å². The highest BCUT2D eigenvalue weighted by atomic mass is 32.1. The van der Waals surface area contributed by atoms with Crippen LogP contribution in [0, 0.1) is 24.0 Å². The Hall–Kier alpha value is -1.96. The maximum Gasteiger partial charge on any atom is 0.333 e. The normalized spacial score (nSPS) is 10.7. The number of nitrogens with zero attached hydrogens (tertiary/aromatic N) is 5. The Kier molecular flexibility index (Phi) is 3.52. The van der Waals surface area contributed by atoms with Crippen molar-refractivity contribution in [1.29, 1.82) is 0 Å². The highest BCUT2D eigenvalue weighted by Crippen LogP contribution is 2.31. The predicted octanol–water partition coefficient (Wildman–Crippen LogP) is 2.04. The molecule has 8 heteroatoms. The Morgan fingerprint density at radius 1 is 1.53 bits per heavy atom. The summed E-state index contributed by atoms with van der Waals surface area (Å²) in [6.07, 6.45) is 0. The summed E-state index contributed by atoms with van der Waals surface area (Å²) in [5, 5.41) is 18.1. The summed E-state index contributed by atoms with van der Waals surface area (Å²) in [6, 6.07) is 0. The lowest BCUT2D eigenvalue weighted by Crippen LogP contribution is -2.20. The van der Waals surface area contributed by atoms with E-state index >= 15 is 0 Å². The van der Waals surface area contributed by atoms with Gasteiger partial charge in [0, 0.05) is 25.2 Å². The van der Waals surface area contributed by atoms with Crippen molar-refractivity contribution in [2.75, 3.05) is 11.9 Å². The highest BCUT2D eigenvalue weighted by Gasteiger charge is 2.27. The van der Waals surface area contributed by atoms with Crippen LogP contribution in [0.1, 0.15) is 16.4 Å². The number of aromatic nitrogens is 3. The zero-order valence-electron chi connectivity index (χ0n) is 11.2. The first kappa shape index (κ1) is 13.5. The maximum atomic E-state index is 11.1. The van der Waals surface area contributed by atoms with Gasteiger partial charge < -0.3 is 4.90 Å². The molecule has 0 radical (unpaired) electrons. The maximum absolute atomic E-state index is 11.1. The summed E-state index contributed by atoms with van der Waals surface area (Å²) in [5.41, 5.74) is 1.44. The van der Waals surface area contributed by atoms with Gasteiger partial charge in [0.1, 0.15) is 10.7 Å². The first-order chi connectivity index (χ1) is 8.90. The molecular formula is C11H15N5O2S. The van der Waals surface area contributed by atoms with E-state index in [0.717, 1.165) is 10.7 Å². The molecule has 2 aromatic heterocycles. The zero-order chi connectivity index (χ0) is 14.2. The van der Waals surface area contributed by atoms with Crippen LogP contribution < -0.4 is 4.90 Å². The molecule has 0 fully saturated rings. The van der Waals surface area contributed by atoms with Crippen LogP contribution in [0.25, 0.3) is 0 Å². The van der Waals surface area contributed by atoms with Crippen molar-refractivity contribution < 1.29 is 4.92 Å². The second-order valence-corrected chi connectivity index (χ2v) is 5.32. The third-order valence-corrected chi connectivity index (χ3v) is 3.70. The molecule has 0 aliphatic carbocycles. The molecular weight excluding hydrogens is 266 g/mol. The number of thiazole rings is 1. The number of hydrogen-bond donors (Lipinski definition) is 0. The summed E-state index contributed by atoms with van der Waals surface area (Å²) in [5.74, 6) is 0.496. The van der Waals surface area contributed by atoms with Crippen LogP contribution in [0.2, 0.25) is 0 Å². The molecule has 0 saturated heterocycles. The quantitative estimate of drug-likeness (QED) is 0.633. The summed E-state index contributed by atoms with van der Waals surface area (Å²) in [6.45, 7) is 4.10. The largest absolute Gasteiger partial charge is 0.347 e. The minimum atomic E-state index is -0.388. The molecule has 2 heterocycles. The third-order valence-electron chi connectivity index (χ3n) is 2.74. The Morgan fingerprint density at radius 2 is 2.21 bits per heavy atom. The number of anilines is 1. The molecule has 0 bridgehead atoms. The third kappa shape index (κ3) is 2.58. The van der Waals surface area contributed by atoms with Gasteiger partial charge >= 0.3 is 5.69 Å². The minimum absolute atomic E-state index is 0.0540. The van der Waals surface area contributed by atoms with Crippen LogP contribution in [0.3, 0.4) is 0 Å². The van der Waals surface area contributed by atoms with Gasteiger partial charge in [-0.2, -0.15) is 5.10 Å². The number of rotatable bonds is 4. The number of nitro groups is 1. The molecule has 0 atom stereocenters. The van der Waals surface area contributed by atoms with E-state index in [-0.39, 0.29) is 10.6 Å². The van der Waals surface area contributed by atoms with E-state index in [2.05, 4.69) is 10.1 Å². The summed E-state index contributed by atoms with van der Waals surface area (Å²) >= 11 is 1.55. The van der Waals surface area contributed by atoms with E-state index in [9.17, 15) is 10.1 Å². The predicted molar refractivity (Wildman–Crippen MR) is 73.6 cm³/mol. The fraction of sp³-hybridized carbons (Fsp3) is 0.455. The van der Waals surface area contributed by atoms with E-state index < -0.39 is 0 Å². The summed E-state index contributed by atoms with van der Waals surface area (Å²) < 4.78 is 1.54. The molecule has 102 valence electrons. The fourth-order valence-electron chi connectivity index (χ4n) is 2.03. The summed E-state index contributed by atoms with van der Waals surface area (Å²) in [7, 11) is 3.51. The van der Waals surface area contributed by atoms with Gasteiger partial charge in [-0.25, -0.2) is 9.67 Å². The second-order valence-electron chi connectivity index (χ2n) is 4.38. The molecule has 0 amide bonds. The van der Waals surface area contributed by atoms with Crippen LogP contribution >= 0.6 is 11.3 Å². The smallest absolute Gasteiger partial charge is 0.333 e. The van der Waals surface area contributed by atoms with E-state index in [1.807, 2.05) is 12.3 Å². The second kappa shape index (κ2) is 4.96. The molecule has 7 nitrogen and oxygen atoms in total. The molecule has 0 N–H and O–H groups in total. The van der Waals surface area contributed by atoms with Gasteiger partial charge in [-0.15, -0.1) is 11.3 Å². The standard InChI is InChI=1S/C11H15N5O2S/c1-7-6-19-9(12-7)5-14(3)11-10(16(17)18)8(2)13-15(11)4/h6H,5H2,1-4H3. The van der Waals surface area contributed by atoms with E-state index in [1.54, 1.807) is 37.3 Å². The Bertz CT molecular complexity index is 619. The fourth-order valence-corrected chi connectivity index (χ4v) is 2.85. The topological polar surface area (TPSA) is 77.1 Å². The van der Waals surface area contributed by atoms with Gasteiger partial charge in [-0.3, -0.25) is 10.1 Å². The van der Waals surface area contributed by atoms with Crippen LogP contribution in [-0.4, -0.2) is 26.7 Å². The van der Waals surface area contributed by atoms with Gasteiger partial charge in [-0.05, 0) is 13.8 Å². The highest BCUT2D eigenvalue weighted by molar-refractivity contribution is 7.09. The van der Waals surface area contributed by atoms with Crippen molar-refractivity contribution in [3.05, 3.63) is 31.9 Å². The average molecular weight is 281 g/mol. The Labute approximate surface area is 114 Å². The monoisotopic (exact) mass is 281 g/mol. The SMILES string of the molecule is Cc1csc(CN(C)c2c([N+](=O)[O-])c(C)nn2C)n1. The Morgan fingerprint density at radius 3 is 2.74 bits per heavy atom. The van der Waals surface area contributed by atoms with Gasteiger partial charge in [-0.1, -0.05) is 0 Å². The Balaban J connectivity index is 2.33. The van der Waals surface area contributed by atoms with Crippen molar-refractivity contribution in [2.45, 2.75) is 20.4 Å². The van der Waals surface area contributed by atoms with E-state index in [4.69, 9.17) is 0 Å². The van der Waals surface area contributed by atoms with Crippen molar-refractivity contribution in [3.8, 4) is 0 Å². The average Bonchev–Trinajstić information content (AvgIpc) is 2.82. The lowest BCUT2D eigenvalue weighted by atomic mass is 10.3. The zero-order valence-corrected chi connectivity index (χ0v) is 12.1. The van der Waals surface area contributed by atoms with Gasteiger partial charge in [0.15, 0.2) is 0 Å². The number of aryl methyl sites for hydroxylation is 3. The molecule has 0 spiro atoms. The molecule has 0 aliphatic rings. The van der Waals surface area contributed by atoms with Crippen molar-refractivity contribution in [1.82, 2.24) is 14.8 Å². The molecule has 2 rings (SSSR count). The van der Waals surface area contributed by atoms with Crippen LogP contribution in [0.4, 0.5) is 11.5 Å². The van der Waals surface area contributed by atoms with E-state index in [0.29, 0.717) is 18.1 Å². The van der Waals surface area contributed by atoms with Gasteiger partial charge in [0.2, 0.25) is 5.82 Å². The molecule has 0 saturated carbocycles. The van der Waals surface area contributed by atoms with E-state index in [1.165, 1.54) is 4.68 Å². The first-order valence-corrected chi connectivity index (χ1v) is 6.58. The number of hydrogen-bond acceptors (Lipinski definition) is 6.